The Morgan fingerprint density at radius 3 is 2.73 bits per heavy atom. The molecule has 0 saturated heterocycles. The van der Waals surface area contributed by atoms with Gasteiger partial charge in [-0.05, 0) is 38.2 Å². The average Bonchev–Trinajstić information content (AvgIpc) is 2.20. The van der Waals surface area contributed by atoms with Crippen molar-refractivity contribution in [2.24, 2.45) is 0 Å². The van der Waals surface area contributed by atoms with Crippen molar-refractivity contribution >= 4 is 0 Å². The van der Waals surface area contributed by atoms with E-state index < -0.39 is 0 Å². The third-order valence-electron chi connectivity index (χ3n) is 2.42. The number of aryl methyl sites for hydroxylation is 1. The van der Waals surface area contributed by atoms with Crippen LogP contribution in [0.25, 0.3) is 0 Å². The van der Waals surface area contributed by atoms with Crippen molar-refractivity contribution in [2.45, 2.75) is 13.5 Å². The van der Waals surface area contributed by atoms with Crippen LogP contribution in [0.15, 0.2) is 18.2 Å². The summed E-state index contributed by atoms with van der Waals surface area (Å²) in [5.74, 6) is -0.128. The summed E-state index contributed by atoms with van der Waals surface area (Å²) in [7, 11) is 4.01. The van der Waals surface area contributed by atoms with Gasteiger partial charge in [-0.1, -0.05) is 12.1 Å². The van der Waals surface area contributed by atoms with Crippen LogP contribution in [0.4, 0.5) is 4.39 Å². The standard InChI is InChI=1S/C12H19FN2/c1-10-8-11(4-5-12(10)13)9-15(3)7-6-14-2/h4-5,8,14H,6-7,9H2,1-3H3. The van der Waals surface area contributed by atoms with Gasteiger partial charge < -0.3 is 10.2 Å². The van der Waals surface area contributed by atoms with Crippen LogP contribution in [-0.4, -0.2) is 32.1 Å². The Morgan fingerprint density at radius 2 is 2.13 bits per heavy atom. The van der Waals surface area contributed by atoms with Crippen molar-refractivity contribution in [1.29, 1.82) is 0 Å². The van der Waals surface area contributed by atoms with Gasteiger partial charge >= 0.3 is 0 Å². The van der Waals surface area contributed by atoms with Crippen LogP contribution in [0.3, 0.4) is 0 Å². The normalized spacial score (nSPS) is 11.0. The van der Waals surface area contributed by atoms with E-state index in [1.54, 1.807) is 6.92 Å². The average molecular weight is 210 g/mol. The zero-order chi connectivity index (χ0) is 11.3. The Balaban J connectivity index is 2.53. The molecule has 0 aliphatic rings. The van der Waals surface area contributed by atoms with Gasteiger partial charge in [-0.25, -0.2) is 4.39 Å². The van der Waals surface area contributed by atoms with Crippen LogP contribution in [0.1, 0.15) is 11.1 Å². The van der Waals surface area contributed by atoms with Gasteiger partial charge in [-0.3, -0.25) is 0 Å². The van der Waals surface area contributed by atoms with Gasteiger partial charge in [0.15, 0.2) is 0 Å². The van der Waals surface area contributed by atoms with E-state index in [0.29, 0.717) is 0 Å². The van der Waals surface area contributed by atoms with E-state index >= 15 is 0 Å². The molecule has 1 N–H and O–H groups in total. The summed E-state index contributed by atoms with van der Waals surface area (Å²) in [6.07, 6.45) is 0. The molecule has 84 valence electrons. The van der Waals surface area contributed by atoms with Crippen molar-refractivity contribution in [3.05, 3.63) is 35.1 Å². The fourth-order valence-electron chi connectivity index (χ4n) is 1.50. The predicted molar refractivity (Wildman–Crippen MR) is 61.4 cm³/mol. The molecule has 1 rings (SSSR count). The fraction of sp³-hybridized carbons (Fsp3) is 0.500. The van der Waals surface area contributed by atoms with Crippen molar-refractivity contribution in [2.75, 3.05) is 27.2 Å². The predicted octanol–water partition coefficient (Wildman–Crippen LogP) is 1.79. The van der Waals surface area contributed by atoms with Gasteiger partial charge in [0.25, 0.3) is 0 Å². The summed E-state index contributed by atoms with van der Waals surface area (Å²) in [6.45, 7) is 4.62. The lowest BCUT2D eigenvalue weighted by Gasteiger charge is -2.16. The monoisotopic (exact) mass is 210 g/mol. The van der Waals surface area contributed by atoms with Crippen LogP contribution in [0.2, 0.25) is 0 Å². The highest BCUT2D eigenvalue weighted by molar-refractivity contribution is 5.23. The molecule has 0 fully saturated rings. The molecule has 0 bridgehead atoms. The molecule has 0 spiro atoms. The molecule has 0 amide bonds. The van der Waals surface area contributed by atoms with Gasteiger partial charge in [0.1, 0.15) is 5.82 Å². The number of hydrogen-bond donors (Lipinski definition) is 1. The third kappa shape index (κ3) is 3.98. The Labute approximate surface area is 91.1 Å². The molecular formula is C12H19FN2. The number of nitrogens with zero attached hydrogens (tertiary/aromatic N) is 1. The number of nitrogens with one attached hydrogen (secondary N) is 1. The Hall–Kier alpha value is -0.930. The number of benzene rings is 1. The molecule has 0 heterocycles. The lowest BCUT2D eigenvalue weighted by atomic mass is 10.1. The second kappa shape index (κ2) is 5.83. The first-order valence-electron chi connectivity index (χ1n) is 5.21. The maximum atomic E-state index is 13.0. The summed E-state index contributed by atoms with van der Waals surface area (Å²) in [5, 5.41) is 3.10. The van der Waals surface area contributed by atoms with Crippen LogP contribution in [-0.2, 0) is 6.54 Å². The second-order valence-corrected chi connectivity index (χ2v) is 3.92. The summed E-state index contributed by atoms with van der Waals surface area (Å²) in [6, 6.07) is 5.29. The molecule has 0 aliphatic heterocycles. The zero-order valence-corrected chi connectivity index (χ0v) is 9.68. The lowest BCUT2D eigenvalue weighted by Crippen LogP contribution is -2.26. The first-order valence-corrected chi connectivity index (χ1v) is 5.21. The van der Waals surface area contributed by atoms with Crippen LogP contribution in [0.5, 0.6) is 0 Å². The summed E-state index contributed by atoms with van der Waals surface area (Å²) >= 11 is 0. The summed E-state index contributed by atoms with van der Waals surface area (Å²) in [5.41, 5.74) is 1.88. The van der Waals surface area contributed by atoms with Crippen molar-refractivity contribution in [1.82, 2.24) is 10.2 Å². The second-order valence-electron chi connectivity index (χ2n) is 3.92. The first kappa shape index (κ1) is 12.1. The highest BCUT2D eigenvalue weighted by atomic mass is 19.1. The molecule has 15 heavy (non-hydrogen) atoms. The van der Waals surface area contributed by atoms with E-state index in [2.05, 4.69) is 17.3 Å². The number of hydrogen-bond acceptors (Lipinski definition) is 2. The van der Waals surface area contributed by atoms with Gasteiger partial charge in [-0.15, -0.1) is 0 Å². The van der Waals surface area contributed by atoms with Crippen LogP contribution >= 0.6 is 0 Å². The minimum absolute atomic E-state index is 0.128. The smallest absolute Gasteiger partial charge is 0.126 e. The maximum Gasteiger partial charge on any atom is 0.126 e. The quantitative estimate of drug-likeness (QED) is 0.797. The maximum absolute atomic E-state index is 13.0. The summed E-state index contributed by atoms with van der Waals surface area (Å²) < 4.78 is 13.0. The Morgan fingerprint density at radius 1 is 1.40 bits per heavy atom. The van der Waals surface area contributed by atoms with Crippen LogP contribution in [0, 0.1) is 12.7 Å². The van der Waals surface area contributed by atoms with Crippen molar-refractivity contribution in [3.63, 3.8) is 0 Å². The van der Waals surface area contributed by atoms with Gasteiger partial charge in [0, 0.05) is 19.6 Å². The lowest BCUT2D eigenvalue weighted by molar-refractivity contribution is 0.328. The minimum atomic E-state index is -0.128. The summed E-state index contributed by atoms with van der Waals surface area (Å²) in [4.78, 5) is 2.21. The number of halogens is 1. The zero-order valence-electron chi connectivity index (χ0n) is 9.68. The molecule has 1 aromatic carbocycles. The first-order chi connectivity index (χ1) is 7.13. The largest absolute Gasteiger partial charge is 0.318 e. The van der Waals surface area contributed by atoms with E-state index in [1.807, 2.05) is 19.2 Å². The van der Waals surface area contributed by atoms with Crippen molar-refractivity contribution < 1.29 is 4.39 Å². The van der Waals surface area contributed by atoms with E-state index in [0.717, 1.165) is 30.8 Å². The molecule has 0 aliphatic carbocycles. The van der Waals surface area contributed by atoms with E-state index in [1.165, 1.54) is 6.07 Å². The molecule has 3 heteroatoms. The molecule has 0 aromatic heterocycles. The molecule has 0 unspecified atom stereocenters. The SMILES string of the molecule is CNCCN(C)Cc1ccc(F)c(C)c1. The topological polar surface area (TPSA) is 15.3 Å². The number of likely N-dealkylation sites (N-methyl/N-ethyl adjacent to an activating group) is 2. The van der Waals surface area contributed by atoms with Gasteiger partial charge in [0.05, 0.1) is 0 Å². The van der Waals surface area contributed by atoms with Gasteiger partial charge in [0.2, 0.25) is 0 Å². The minimum Gasteiger partial charge on any atom is -0.318 e. The molecular weight excluding hydrogens is 191 g/mol. The number of rotatable bonds is 5. The molecule has 0 atom stereocenters. The van der Waals surface area contributed by atoms with E-state index in [4.69, 9.17) is 0 Å². The molecule has 2 nitrogen and oxygen atoms in total. The van der Waals surface area contributed by atoms with E-state index in [-0.39, 0.29) is 5.82 Å². The van der Waals surface area contributed by atoms with Gasteiger partial charge in [-0.2, -0.15) is 0 Å². The van der Waals surface area contributed by atoms with Crippen molar-refractivity contribution in [3.8, 4) is 0 Å². The molecule has 1 aromatic rings. The molecule has 0 radical (unpaired) electrons. The fourth-order valence-corrected chi connectivity index (χ4v) is 1.50. The highest BCUT2D eigenvalue weighted by Crippen LogP contribution is 2.10. The third-order valence-corrected chi connectivity index (χ3v) is 2.42. The Bertz CT molecular complexity index is 312. The van der Waals surface area contributed by atoms with Crippen LogP contribution < -0.4 is 5.32 Å². The highest BCUT2D eigenvalue weighted by Gasteiger charge is 2.02. The Kier molecular flexibility index (Phi) is 4.72. The van der Waals surface area contributed by atoms with E-state index in [9.17, 15) is 4.39 Å². The molecule has 0 saturated carbocycles.